The molecule has 0 aliphatic heterocycles. The lowest BCUT2D eigenvalue weighted by atomic mass is 10.1. The van der Waals surface area contributed by atoms with Crippen molar-refractivity contribution < 1.29 is 13.2 Å². The van der Waals surface area contributed by atoms with E-state index in [1.807, 2.05) is 12.1 Å². The number of sulfonamides is 1. The molecule has 1 heterocycles. The molecule has 1 amide bonds. The zero-order valence-corrected chi connectivity index (χ0v) is 12.1. The summed E-state index contributed by atoms with van der Waals surface area (Å²) in [5.74, 6) is -0.692. The Hall–Kier alpha value is -1.95. The first-order chi connectivity index (χ1) is 9.45. The van der Waals surface area contributed by atoms with E-state index in [0.29, 0.717) is 11.8 Å². The van der Waals surface area contributed by atoms with Gasteiger partial charge in [-0.2, -0.15) is 0 Å². The van der Waals surface area contributed by atoms with Crippen LogP contribution >= 0.6 is 0 Å². The fraction of sp³-hybridized carbons (Fsp3) is 0.286. The highest BCUT2D eigenvalue weighted by Gasteiger charge is 2.23. The minimum atomic E-state index is -3.67. The molecule has 2 aromatic rings. The fourth-order valence-electron chi connectivity index (χ4n) is 1.80. The Morgan fingerprint density at radius 1 is 1.30 bits per heavy atom. The van der Waals surface area contributed by atoms with Gasteiger partial charge in [0.1, 0.15) is 5.69 Å². The summed E-state index contributed by atoms with van der Waals surface area (Å²) >= 11 is 0. The third-order valence-electron chi connectivity index (χ3n) is 3.23. The summed E-state index contributed by atoms with van der Waals surface area (Å²) in [7, 11) is -3.67. The van der Waals surface area contributed by atoms with E-state index in [0.717, 1.165) is 5.39 Å². The highest BCUT2D eigenvalue weighted by molar-refractivity contribution is 7.90. The summed E-state index contributed by atoms with van der Waals surface area (Å²) in [5, 5.41) is 0.849. The minimum Gasteiger partial charge on any atom is -0.266 e. The maximum absolute atomic E-state index is 12.1. The minimum absolute atomic E-state index is 0.120. The van der Waals surface area contributed by atoms with Gasteiger partial charge in [0.25, 0.3) is 5.91 Å². The van der Waals surface area contributed by atoms with Gasteiger partial charge in [0, 0.05) is 11.6 Å². The van der Waals surface area contributed by atoms with E-state index in [1.54, 1.807) is 32.0 Å². The first-order valence-corrected chi connectivity index (χ1v) is 7.90. The van der Waals surface area contributed by atoms with Gasteiger partial charge in [0.05, 0.1) is 5.25 Å². The van der Waals surface area contributed by atoms with E-state index in [2.05, 4.69) is 9.71 Å². The zero-order valence-electron chi connectivity index (χ0n) is 11.3. The van der Waals surface area contributed by atoms with E-state index in [-0.39, 0.29) is 5.69 Å². The Morgan fingerprint density at radius 3 is 2.70 bits per heavy atom. The normalized spacial score (nSPS) is 13.1. The van der Waals surface area contributed by atoms with Gasteiger partial charge in [0.15, 0.2) is 0 Å². The van der Waals surface area contributed by atoms with Gasteiger partial charge in [0.2, 0.25) is 10.0 Å². The molecule has 0 fully saturated rings. The zero-order chi connectivity index (χ0) is 14.8. The van der Waals surface area contributed by atoms with Crippen molar-refractivity contribution in [3.8, 4) is 0 Å². The molecule has 2 rings (SSSR count). The largest absolute Gasteiger partial charge is 0.283 e. The quantitative estimate of drug-likeness (QED) is 0.936. The molecule has 0 spiro atoms. The number of carbonyl (C=O) groups is 1. The van der Waals surface area contributed by atoms with Crippen molar-refractivity contribution in [2.75, 3.05) is 0 Å². The topological polar surface area (TPSA) is 76.1 Å². The number of aromatic nitrogens is 1. The molecule has 0 aliphatic rings. The smallest absolute Gasteiger partial charge is 0.266 e. The van der Waals surface area contributed by atoms with Crippen LogP contribution in [0, 0.1) is 0 Å². The number of hydrogen-bond donors (Lipinski definition) is 1. The number of hydrogen-bond acceptors (Lipinski definition) is 4. The maximum Gasteiger partial charge on any atom is 0.283 e. The average Bonchev–Trinajstić information content (AvgIpc) is 2.45. The Morgan fingerprint density at radius 2 is 2.00 bits per heavy atom. The molecule has 20 heavy (non-hydrogen) atoms. The lowest BCUT2D eigenvalue weighted by molar-refractivity contribution is 0.0978. The first-order valence-electron chi connectivity index (χ1n) is 6.35. The molecule has 0 saturated carbocycles. The van der Waals surface area contributed by atoms with Gasteiger partial charge in [-0.1, -0.05) is 31.2 Å². The summed E-state index contributed by atoms with van der Waals surface area (Å²) < 4.78 is 25.9. The van der Waals surface area contributed by atoms with Crippen LogP contribution in [-0.4, -0.2) is 24.6 Å². The summed E-state index contributed by atoms with van der Waals surface area (Å²) in [6, 6.07) is 8.99. The molecular formula is C14H16N2O3S. The maximum atomic E-state index is 12.1. The van der Waals surface area contributed by atoms with Gasteiger partial charge in [-0.3, -0.25) is 9.78 Å². The summed E-state index contributed by atoms with van der Waals surface area (Å²) in [6.45, 7) is 3.32. The SMILES string of the molecule is CC[C@@H](C)S(=O)(=O)NC(=O)c1nccc2ccccc12. The second kappa shape index (κ2) is 5.58. The molecule has 6 heteroatoms. The van der Waals surface area contributed by atoms with Crippen LogP contribution in [0.3, 0.4) is 0 Å². The van der Waals surface area contributed by atoms with Crippen LogP contribution in [0.4, 0.5) is 0 Å². The molecule has 0 saturated heterocycles. The summed E-state index contributed by atoms with van der Waals surface area (Å²) in [4.78, 5) is 16.1. The molecule has 106 valence electrons. The number of benzene rings is 1. The lowest BCUT2D eigenvalue weighted by Gasteiger charge is -2.12. The van der Waals surface area contributed by atoms with Crippen molar-refractivity contribution >= 4 is 26.7 Å². The van der Waals surface area contributed by atoms with Crippen molar-refractivity contribution in [3.63, 3.8) is 0 Å². The molecule has 0 unspecified atom stereocenters. The van der Waals surface area contributed by atoms with Crippen molar-refractivity contribution in [1.29, 1.82) is 0 Å². The molecule has 0 aliphatic carbocycles. The second-order valence-electron chi connectivity index (χ2n) is 4.58. The Kier molecular flexibility index (Phi) is 4.04. The van der Waals surface area contributed by atoms with E-state index in [9.17, 15) is 13.2 Å². The van der Waals surface area contributed by atoms with Crippen molar-refractivity contribution in [2.24, 2.45) is 0 Å². The number of nitrogens with one attached hydrogen (secondary N) is 1. The number of carbonyl (C=O) groups excluding carboxylic acids is 1. The third kappa shape index (κ3) is 2.80. The first kappa shape index (κ1) is 14.5. The number of nitrogens with zero attached hydrogens (tertiary/aromatic N) is 1. The van der Waals surface area contributed by atoms with E-state index >= 15 is 0 Å². The molecule has 5 nitrogen and oxygen atoms in total. The molecule has 0 bridgehead atoms. The number of fused-ring (bicyclic) bond motifs is 1. The predicted octanol–water partition coefficient (Wildman–Crippen LogP) is 2.09. The number of pyridine rings is 1. The van der Waals surface area contributed by atoms with E-state index in [4.69, 9.17) is 0 Å². The third-order valence-corrected chi connectivity index (χ3v) is 5.09. The van der Waals surface area contributed by atoms with Crippen LogP contribution in [-0.2, 0) is 10.0 Å². The van der Waals surface area contributed by atoms with Gasteiger partial charge in [-0.05, 0) is 24.8 Å². The van der Waals surface area contributed by atoms with Gasteiger partial charge < -0.3 is 0 Å². The monoisotopic (exact) mass is 292 g/mol. The standard InChI is InChI=1S/C14H16N2O3S/c1-3-10(2)20(18,19)16-14(17)13-12-7-5-4-6-11(12)8-9-15-13/h4-10H,3H2,1-2H3,(H,16,17)/t10-/m1/s1. The molecule has 0 radical (unpaired) electrons. The summed E-state index contributed by atoms with van der Waals surface area (Å²) in [6.07, 6.45) is 1.93. The van der Waals surface area contributed by atoms with Crippen LogP contribution in [0.2, 0.25) is 0 Å². The van der Waals surface area contributed by atoms with Crippen molar-refractivity contribution in [2.45, 2.75) is 25.5 Å². The average molecular weight is 292 g/mol. The van der Waals surface area contributed by atoms with E-state index in [1.165, 1.54) is 6.20 Å². The van der Waals surface area contributed by atoms with Crippen LogP contribution in [0.5, 0.6) is 0 Å². The van der Waals surface area contributed by atoms with Crippen LogP contribution in [0.15, 0.2) is 36.5 Å². The molecule has 1 atom stereocenters. The molecular weight excluding hydrogens is 276 g/mol. The van der Waals surface area contributed by atoms with Crippen LogP contribution in [0.25, 0.3) is 10.8 Å². The van der Waals surface area contributed by atoms with Crippen LogP contribution in [0.1, 0.15) is 30.8 Å². The molecule has 1 N–H and O–H groups in total. The summed E-state index contributed by atoms with van der Waals surface area (Å²) in [5.41, 5.74) is 0.120. The Bertz CT molecular complexity index is 736. The molecule has 1 aromatic carbocycles. The Labute approximate surface area is 118 Å². The lowest BCUT2D eigenvalue weighted by Crippen LogP contribution is -2.37. The second-order valence-corrected chi connectivity index (χ2v) is 6.67. The van der Waals surface area contributed by atoms with Gasteiger partial charge in [-0.25, -0.2) is 13.1 Å². The predicted molar refractivity (Wildman–Crippen MR) is 77.9 cm³/mol. The van der Waals surface area contributed by atoms with Crippen molar-refractivity contribution in [1.82, 2.24) is 9.71 Å². The fourth-order valence-corrected chi connectivity index (χ4v) is 2.79. The highest BCUT2D eigenvalue weighted by atomic mass is 32.2. The highest BCUT2D eigenvalue weighted by Crippen LogP contribution is 2.16. The van der Waals surface area contributed by atoms with Gasteiger partial charge >= 0.3 is 0 Å². The van der Waals surface area contributed by atoms with E-state index < -0.39 is 21.2 Å². The number of rotatable bonds is 4. The van der Waals surface area contributed by atoms with Crippen molar-refractivity contribution in [3.05, 3.63) is 42.2 Å². The van der Waals surface area contributed by atoms with Crippen LogP contribution < -0.4 is 4.72 Å². The Balaban J connectivity index is 2.38. The number of amides is 1. The van der Waals surface area contributed by atoms with Gasteiger partial charge in [-0.15, -0.1) is 0 Å². The molecule has 1 aromatic heterocycles.